The fourth-order valence-corrected chi connectivity index (χ4v) is 2.53. The van der Waals surface area contributed by atoms with Crippen molar-refractivity contribution in [2.75, 3.05) is 0 Å². The van der Waals surface area contributed by atoms with Crippen molar-refractivity contribution in [2.24, 2.45) is 11.7 Å². The zero-order chi connectivity index (χ0) is 14.8. The van der Waals surface area contributed by atoms with E-state index in [2.05, 4.69) is 53.3 Å². The normalized spacial score (nSPS) is 16.3. The Kier molecular flexibility index (Phi) is 9.59. The highest BCUT2D eigenvalue weighted by Gasteiger charge is 2.19. The third kappa shape index (κ3) is 5.78. The number of unbranched alkanes of at least 4 members (excludes halogenated alkanes) is 1. The predicted molar refractivity (Wildman–Crippen MR) is 88.2 cm³/mol. The van der Waals surface area contributed by atoms with Crippen molar-refractivity contribution in [3.63, 3.8) is 0 Å². The smallest absolute Gasteiger partial charge is 0.0512 e. The Morgan fingerprint density at radius 3 is 2.32 bits per heavy atom. The van der Waals surface area contributed by atoms with E-state index in [9.17, 15) is 0 Å². The van der Waals surface area contributed by atoms with Gasteiger partial charge in [-0.1, -0.05) is 70.4 Å². The van der Waals surface area contributed by atoms with Crippen LogP contribution in [0, 0.1) is 5.92 Å². The number of rotatable bonds is 9. The second-order valence-corrected chi connectivity index (χ2v) is 5.33. The van der Waals surface area contributed by atoms with Crippen LogP contribution >= 0.6 is 0 Å². The Bertz CT molecular complexity index is 323. The zero-order valence-corrected chi connectivity index (χ0v) is 13.6. The molecule has 0 radical (unpaired) electrons. The second-order valence-electron chi connectivity index (χ2n) is 5.33. The Morgan fingerprint density at radius 1 is 1.26 bits per heavy atom. The van der Waals surface area contributed by atoms with Crippen LogP contribution in [0.2, 0.25) is 0 Å². The van der Waals surface area contributed by atoms with Gasteiger partial charge in [-0.3, -0.25) is 0 Å². The molecule has 0 bridgehead atoms. The standard InChI is InChI=1S/C18H33N/c1-7-11-13-15(6)17(12-8-2)18(19)16(10-4)14(5)9-3/h10,12,15,18H,5,7-9,11,13,19H2,1-4,6H3/b16-10+,17-12+. The maximum atomic E-state index is 6.51. The van der Waals surface area contributed by atoms with Crippen LogP contribution in [0.25, 0.3) is 0 Å². The lowest BCUT2D eigenvalue weighted by molar-refractivity contribution is 0.544. The van der Waals surface area contributed by atoms with E-state index >= 15 is 0 Å². The summed E-state index contributed by atoms with van der Waals surface area (Å²) in [6.07, 6.45) is 10.2. The molecule has 0 saturated heterocycles. The molecule has 0 aromatic heterocycles. The molecular weight excluding hydrogens is 230 g/mol. The maximum Gasteiger partial charge on any atom is 0.0512 e. The summed E-state index contributed by atoms with van der Waals surface area (Å²) in [5, 5.41) is 0. The van der Waals surface area contributed by atoms with Crippen LogP contribution in [0.1, 0.15) is 66.7 Å². The van der Waals surface area contributed by atoms with E-state index in [1.807, 2.05) is 0 Å². The van der Waals surface area contributed by atoms with Crippen molar-refractivity contribution in [1.29, 1.82) is 0 Å². The lowest BCUT2D eigenvalue weighted by Gasteiger charge is -2.25. The van der Waals surface area contributed by atoms with E-state index in [-0.39, 0.29) is 6.04 Å². The highest BCUT2D eigenvalue weighted by atomic mass is 14.6. The van der Waals surface area contributed by atoms with Crippen molar-refractivity contribution in [3.05, 3.63) is 35.5 Å². The summed E-state index contributed by atoms with van der Waals surface area (Å²) in [7, 11) is 0. The van der Waals surface area contributed by atoms with Crippen LogP contribution in [0.4, 0.5) is 0 Å². The van der Waals surface area contributed by atoms with Crippen molar-refractivity contribution in [2.45, 2.75) is 72.8 Å². The van der Waals surface area contributed by atoms with E-state index < -0.39 is 0 Å². The van der Waals surface area contributed by atoms with Crippen LogP contribution in [-0.2, 0) is 0 Å². The van der Waals surface area contributed by atoms with Gasteiger partial charge in [0.1, 0.15) is 0 Å². The van der Waals surface area contributed by atoms with Crippen LogP contribution in [0.3, 0.4) is 0 Å². The lowest BCUT2D eigenvalue weighted by Crippen LogP contribution is -2.29. The molecule has 0 amide bonds. The van der Waals surface area contributed by atoms with Gasteiger partial charge in [0.05, 0.1) is 6.04 Å². The summed E-state index contributed by atoms with van der Waals surface area (Å²) in [4.78, 5) is 0. The Balaban J connectivity index is 5.07. The van der Waals surface area contributed by atoms with Crippen LogP contribution in [0.15, 0.2) is 35.5 Å². The molecule has 2 atom stereocenters. The quantitative estimate of drug-likeness (QED) is 0.438. The van der Waals surface area contributed by atoms with Crippen molar-refractivity contribution in [1.82, 2.24) is 0 Å². The fraction of sp³-hybridized carbons (Fsp3) is 0.667. The SMILES string of the molecule is C=C(CC)/C(=C\C)C(N)/C(=C/CC)C(C)CCCC. The molecule has 1 nitrogen and oxygen atoms in total. The molecule has 2 N–H and O–H groups in total. The number of allylic oxidation sites excluding steroid dienone is 2. The topological polar surface area (TPSA) is 26.0 Å². The molecule has 0 aliphatic heterocycles. The first kappa shape index (κ1) is 18.2. The Morgan fingerprint density at radius 2 is 1.89 bits per heavy atom. The Labute approximate surface area is 120 Å². The van der Waals surface area contributed by atoms with Crippen molar-refractivity contribution < 1.29 is 0 Å². The van der Waals surface area contributed by atoms with Gasteiger partial charge in [0, 0.05) is 0 Å². The molecule has 19 heavy (non-hydrogen) atoms. The van der Waals surface area contributed by atoms with Gasteiger partial charge in [-0.2, -0.15) is 0 Å². The molecule has 0 rings (SSSR count). The molecule has 0 aromatic rings. The fourth-order valence-electron chi connectivity index (χ4n) is 2.53. The van der Waals surface area contributed by atoms with E-state index in [4.69, 9.17) is 5.73 Å². The van der Waals surface area contributed by atoms with Gasteiger partial charge < -0.3 is 5.73 Å². The largest absolute Gasteiger partial charge is 0.321 e. The van der Waals surface area contributed by atoms with Crippen molar-refractivity contribution >= 4 is 0 Å². The minimum atomic E-state index is 0.0178. The number of nitrogens with two attached hydrogens (primary N) is 1. The van der Waals surface area contributed by atoms with E-state index in [1.165, 1.54) is 36.0 Å². The minimum absolute atomic E-state index is 0.0178. The van der Waals surface area contributed by atoms with Gasteiger partial charge in [-0.05, 0) is 37.7 Å². The molecule has 0 aromatic carbocycles. The van der Waals surface area contributed by atoms with Gasteiger partial charge in [0.25, 0.3) is 0 Å². The average Bonchev–Trinajstić information content (AvgIpc) is 2.42. The summed E-state index contributed by atoms with van der Waals surface area (Å²) in [5.41, 5.74) is 10.3. The van der Waals surface area contributed by atoms with E-state index in [1.54, 1.807) is 0 Å². The number of hydrogen-bond donors (Lipinski definition) is 1. The highest BCUT2D eigenvalue weighted by Crippen LogP contribution is 2.27. The molecule has 0 heterocycles. The summed E-state index contributed by atoms with van der Waals surface area (Å²) in [6, 6.07) is 0.0178. The van der Waals surface area contributed by atoms with Crippen LogP contribution in [-0.4, -0.2) is 6.04 Å². The number of hydrogen-bond acceptors (Lipinski definition) is 1. The van der Waals surface area contributed by atoms with Gasteiger partial charge in [0.2, 0.25) is 0 Å². The summed E-state index contributed by atoms with van der Waals surface area (Å²) in [5.74, 6) is 0.564. The molecule has 0 aliphatic carbocycles. The zero-order valence-electron chi connectivity index (χ0n) is 13.6. The van der Waals surface area contributed by atoms with Crippen LogP contribution in [0.5, 0.6) is 0 Å². The summed E-state index contributed by atoms with van der Waals surface area (Å²) >= 11 is 0. The van der Waals surface area contributed by atoms with Crippen molar-refractivity contribution in [3.8, 4) is 0 Å². The lowest BCUT2D eigenvalue weighted by atomic mass is 9.83. The average molecular weight is 263 g/mol. The molecular formula is C18H33N. The Hall–Kier alpha value is -0.820. The van der Waals surface area contributed by atoms with Gasteiger partial charge in [0.15, 0.2) is 0 Å². The molecule has 0 aliphatic rings. The molecule has 0 saturated carbocycles. The first-order chi connectivity index (χ1) is 9.03. The molecule has 0 spiro atoms. The maximum absolute atomic E-state index is 6.51. The third-order valence-corrected chi connectivity index (χ3v) is 3.84. The first-order valence-corrected chi connectivity index (χ1v) is 7.83. The first-order valence-electron chi connectivity index (χ1n) is 7.83. The van der Waals surface area contributed by atoms with Crippen LogP contribution < -0.4 is 5.73 Å². The second kappa shape index (κ2) is 10.0. The van der Waals surface area contributed by atoms with E-state index in [0.717, 1.165) is 12.8 Å². The predicted octanol–water partition coefficient (Wildman–Crippen LogP) is 5.39. The monoisotopic (exact) mass is 263 g/mol. The highest BCUT2D eigenvalue weighted by molar-refractivity contribution is 5.39. The molecule has 110 valence electrons. The molecule has 0 fully saturated rings. The van der Waals surface area contributed by atoms with Gasteiger partial charge in [-0.25, -0.2) is 0 Å². The third-order valence-electron chi connectivity index (χ3n) is 3.84. The summed E-state index contributed by atoms with van der Waals surface area (Å²) < 4.78 is 0. The molecule has 2 unspecified atom stereocenters. The molecule has 1 heteroatoms. The minimum Gasteiger partial charge on any atom is -0.321 e. The van der Waals surface area contributed by atoms with Gasteiger partial charge in [-0.15, -0.1) is 0 Å². The summed E-state index contributed by atoms with van der Waals surface area (Å²) in [6.45, 7) is 15.1. The van der Waals surface area contributed by atoms with E-state index in [0.29, 0.717) is 5.92 Å². The van der Waals surface area contributed by atoms with Gasteiger partial charge >= 0.3 is 0 Å².